The SMILES string of the molecule is CC1=C[C@@H]2C(C(=O)Oc3c(C)cccc3C)=C[C@@H]1C[C@@H]2C(C)C. The molecule has 0 aromatic heterocycles. The highest BCUT2D eigenvalue weighted by molar-refractivity contribution is 5.92. The second-order valence-corrected chi connectivity index (χ2v) is 7.42. The minimum atomic E-state index is -0.175. The smallest absolute Gasteiger partial charge is 0.339 e. The molecular weight excluding hydrogens is 284 g/mol. The van der Waals surface area contributed by atoms with Crippen LogP contribution in [0.2, 0.25) is 0 Å². The highest BCUT2D eigenvalue weighted by Crippen LogP contribution is 2.46. The molecule has 3 aliphatic carbocycles. The number of para-hydroxylation sites is 1. The van der Waals surface area contributed by atoms with E-state index < -0.39 is 0 Å². The Kier molecular flexibility index (Phi) is 4.18. The van der Waals surface area contributed by atoms with Crippen LogP contribution >= 0.6 is 0 Å². The fraction of sp³-hybridized carbons (Fsp3) is 0.476. The van der Waals surface area contributed by atoms with Gasteiger partial charge in [-0.1, -0.05) is 49.8 Å². The van der Waals surface area contributed by atoms with Crippen molar-refractivity contribution in [3.63, 3.8) is 0 Å². The van der Waals surface area contributed by atoms with E-state index in [9.17, 15) is 4.79 Å². The summed E-state index contributed by atoms with van der Waals surface area (Å²) in [5.41, 5.74) is 4.27. The summed E-state index contributed by atoms with van der Waals surface area (Å²) in [7, 11) is 0. The number of benzene rings is 1. The standard InChI is InChI=1S/C21H26O2/c1-12(2)17-10-16-11-19(18(17)9-15(16)5)21(22)23-20-13(3)7-6-8-14(20)4/h6-9,11-12,16-18H,10H2,1-5H3/t16-,17+,18-/m0/s1. The lowest BCUT2D eigenvalue weighted by Gasteiger charge is -2.41. The second-order valence-electron chi connectivity index (χ2n) is 7.42. The van der Waals surface area contributed by atoms with Crippen LogP contribution in [0.5, 0.6) is 5.75 Å². The predicted molar refractivity (Wildman–Crippen MR) is 93.3 cm³/mol. The van der Waals surface area contributed by atoms with Gasteiger partial charge in [-0.25, -0.2) is 4.79 Å². The number of hydrogen-bond donors (Lipinski definition) is 0. The van der Waals surface area contributed by atoms with Gasteiger partial charge in [0.2, 0.25) is 0 Å². The average molecular weight is 310 g/mol. The molecule has 2 bridgehead atoms. The van der Waals surface area contributed by atoms with Crippen molar-refractivity contribution in [1.82, 2.24) is 0 Å². The van der Waals surface area contributed by atoms with Crippen molar-refractivity contribution in [2.45, 2.75) is 41.0 Å². The molecule has 1 aromatic carbocycles. The summed E-state index contributed by atoms with van der Waals surface area (Å²) in [6.07, 6.45) is 5.60. The summed E-state index contributed by atoms with van der Waals surface area (Å²) in [6, 6.07) is 5.96. The van der Waals surface area contributed by atoms with Gasteiger partial charge in [0, 0.05) is 11.5 Å². The number of ether oxygens (including phenoxy) is 1. The van der Waals surface area contributed by atoms with Gasteiger partial charge in [0.1, 0.15) is 5.75 Å². The highest BCUT2D eigenvalue weighted by Gasteiger charge is 2.40. The molecule has 2 nitrogen and oxygen atoms in total. The first-order valence-corrected chi connectivity index (χ1v) is 8.57. The minimum Gasteiger partial charge on any atom is -0.423 e. The van der Waals surface area contributed by atoms with E-state index in [1.165, 1.54) is 5.57 Å². The van der Waals surface area contributed by atoms with Crippen LogP contribution in [0.25, 0.3) is 0 Å². The summed E-state index contributed by atoms with van der Waals surface area (Å²) < 4.78 is 5.79. The third-order valence-corrected chi connectivity index (χ3v) is 5.45. The van der Waals surface area contributed by atoms with E-state index in [4.69, 9.17) is 4.74 Å². The molecule has 23 heavy (non-hydrogen) atoms. The van der Waals surface area contributed by atoms with Crippen molar-refractivity contribution in [1.29, 1.82) is 0 Å². The number of aryl methyl sites for hydroxylation is 2. The van der Waals surface area contributed by atoms with Gasteiger partial charge in [-0.05, 0) is 56.1 Å². The van der Waals surface area contributed by atoms with Crippen LogP contribution in [0.4, 0.5) is 0 Å². The zero-order valence-electron chi connectivity index (χ0n) is 14.7. The molecule has 3 atom stereocenters. The van der Waals surface area contributed by atoms with Crippen LogP contribution in [0.1, 0.15) is 38.3 Å². The van der Waals surface area contributed by atoms with E-state index in [0.29, 0.717) is 23.5 Å². The molecule has 0 amide bonds. The van der Waals surface area contributed by atoms with Crippen LogP contribution in [0.15, 0.2) is 41.5 Å². The fourth-order valence-electron chi connectivity index (χ4n) is 4.01. The Morgan fingerprint density at radius 1 is 1.13 bits per heavy atom. The Morgan fingerprint density at radius 3 is 2.35 bits per heavy atom. The maximum absolute atomic E-state index is 12.8. The van der Waals surface area contributed by atoms with Gasteiger partial charge in [0.05, 0.1) is 0 Å². The van der Waals surface area contributed by atoms with E-state index >= 15 is 0 Å². The molecule has 122 valence electrons. The maximum atomic E-state index is 12.8. The van der Waals surface area contributed by atoms with Crippen LogP contribution < -0.4 is 4.74 Å². The third-order valence-electron chi connectivity index (χ3n) is 5.45. The van der Waals surface area contributed by atoms with Crippen LogP contribution in [-0.2, 0) is 4.79 Å². The third kappa shape index (κ3) is 2.87. The van der Waals surface area contributed by atoms with Crippen LogP contribution in [0, 0.1) is 37.5 Å². The normalized spacial score (nSPS) is 26.1. The largest absolute Gasteiger partial charge is 0.423 e. The Hall–Kier alpha value is -1.83. The van der Waals surface area contributed by atoms with E-state index in [0.717, 1.165) is 23.1 Å². The van der Waals surface area contributed by atoms with Crippen molar-refractivity contribution in [2.75, 3.05) is 0 Å². The molecule has 2 heteroatoms. The Labute approximate surface area is 139 Å². The van der Waals surface area contributed by atoms with Crippen LogP contribution in [-0.4, -0.2) is 5.97 Å². The molecule has 0 N–H and O–H groups in total. The van der Waals surface area contributed by atoms with Gasteiger partial charge in [-0.2, -0.15) is 0 Å². The number of carbonyl (C=O) groups is 1. The quantitative estimate of drug-likeness (QED) is 0.446. The van der Waals surface area contributed by atoms with E-state index in [-0.39, 0.29) is 11.9 Å². The number of rotatable bonds is 3. The second kappa shape index (κ2) is 5.99. The van der Waals surface area contributed by atoms with Crippen molar-refractivity contribution in [3.8, 4) is 5.75 Å². The molecule has 0 aliphatic heterocycles. The van der Waals surface area contributed by atoms with Gasteiger partial charge in [-0.15, -0.1) is 0 Å². The van der Waals surface area contributed by atoms with Gasteiger partial charge in [0.25, 0.3) is 0 Å². The van der Waals surface area contributed by atoms with E-state index in [1.54, 1.807) is 0 Å². The molecule has 0 saturated carbocycles. The molecule has 0 spiro atoms. The first-order valence-electron chi connectivity index (χ1n) is 8.57. The predicted octanol–water partition coefficient (Wildman–Crippen LogP) is 5.00. The summed E-state index contributed by atoms with van der Waals surface area (Å²) in [5, 5.41) is 0. The lowest BCUT2D eigenvalue weighted by Crippen LogP contribution is -2.36. The summed E-state index contributed by atoms with van der Waals surface area (Å²) in [5.74, 6) is 2.25. The Morgan fingerprint density at radius 2 is 1.78 bits per heavy atom. The topological polar surface area (TPSA) is 26.3 Å². The zero-order valence-corrected chi connectivity index (χ0v) is 14.7. The monoisotopic (exact) mass is 310 g/mol. The molecule has 4 rings (SSSR count). The fourth-order valence-corrected chi connectivity index (χ4v) is 4.01. The molecule has 0 fully saturated rings. The Bertz CT molecular complexity index is 674. The first-order chi connectivity index (χ1) is 10.9. The zero-order chi connectivity index (χ0) is 16.7. The lowest BCUT2D eigenvalue weighted by molar-refractivity contribution is -0.131. The summed E-state index contributed by atoms with van der Waals surface area (Å²) in [6.45, 7) is 10.7. The molecule has 0 unspecified atom stereocenters. The average Bonchev–Trinajstić information content (AvgIpc) is 2.50. The molecule has 0 heterocycles. The van der Waals surface area contributed by atoms with Gasteiger partial charge >= 0.3 is 5.97 Å². The molecular formula is C21H26O2. The highest BCUT2D eigenvalue weighted by atomic mass is 16.5. The molecule has 1 aromatic rings. The number of esters is 1. The lowest BCUT2D eigenvalue weighted by atomic mass is 9.63. The Balaban J connectivity index is 1.87. The van der Waals surface area contributed by atoms with Gasteiger partial charge in [-0.3, -0.25) is 0 Å². The number of carbonyl (C=O) groups excluding carboxylic acids is 1. The first kappa shape index (κ1) is 16.0. The van der Waals surface area contributed by atoms with Crippen molar-refractivity contribution >= 4 is 5.97 Å². The van der Waals surface area contributed by atoms with Crippen LogP contribution in [0.3, 0.4) is 0 Å². The number of hydrogen-bond acceptors (Lipinski definition) is 2. The van der Waals surface area contributed by atoms with Crippen molar-refractivity contribution < 1.29 is 9.53 Å². The van der Waals surface area contributed by atoms with Gasteiger partial charge < -0.3 is 4.74 Å². The van der Waals surface area contributed by atoms with Gasteiger partial charge in [0.15, 0.2) is 0 Å². The maximum Gasteiger partial charge on any atom is 0.339 e. The molecule has 0 saturated heterocycles. The van der Waals surface area contributed by atoms with Crippen molar-refractivity contribution in [2.24, 2.45) is 23.7 Å². The summed E-state index contributed by atoms with van der Waals surface area (Å²) in [4.78, 5) is 12.8. The molecule has 0 radical (unpaired) electrons. The minimum absolute atomic E-state index is 0.175. The number of allylic oxidation sites excluding steroid dienone is 3. The summed E-state index contributed by atoms with van der Waals surface area (Å²) >= 11 is 0. The van der Waals surface area contributed by atoms with E-state index in [1.807, 2.05) is 32.0 Å². The number of fused-ring (bicyclic) bond motifs is 1. The molecule has 3 aliphatic rings. The van der Waals surface area contributed by atoms with Crippen molar-refractivity contribution in [3.05, 3.63) is 52.6 Å². The van der Waals surface area contributed by atoms with E-state index in [2.05, 4.69) is 32.9 Å².